The summed E-state index contributed by atoms with van der Waals surface area (Å²) in [7, 11) is 1.62. The quantitative estimate of drug-likeness (QED) is 0.592. The molecule has 0 fully saturated rings. The second kappa shape index (κ2) is 6.64. The van der Waals surface area contributed by atoms with Gasteiger partial charge in [0.1, 0.15) is 5.75 Å². The molecule has 4 rings (SSSR count). The van der Waals surface area contributed by atoms with Crippen LogP contribution in [0.1, 0.15) is 10.4 Å². The smallest absolute Gasteiger partial charge is 0.256 e. The maximum absolute atomic E-state index is 12.4. The maximum atomic E-state index is 12.4. The predicted octanol–water partition coefficient (Wildman–Crippen LogP) is 3.28. The van der Waals surface area contributed by atoms with Gasteiger partial charge in [0.05, 0.1) is 19.0 Å². The van der Waals surface area contributed by atoms with E-state index in [1.807, 2.05) is 42.5 Å². The van der Waals surface area contributed by atoms with Gasteiger partial charge in [0.2, 0.25) is 5.65 Å². The summed E-state index contributed by atoms with van der Waals surface area (Å²) in [6, 6.07) is 16.5. The molecule has 0 aliphatic heterocycles. The summed E-state index contributed by atoms with van der Waals surface area (Å²) in [5.41, 5.74) is 3.06. The van der Waals surface area contributed by atoms with Crippen molar-refractivity contribution in [2.45, 2.75) is 0 Å². The molecule has 4 aromatic rings. The first-order chi connectivity index (χ1) is 12.7. The number of ether oxygens (including phenoxy) is 1. The number of rotatable bonds is 4. The van der Waals surface area contributed by atoms with Gasteiger partial charge in [0.25, 0.3) is 5.91 Å². The molecule has 0 spiro atoms. The third-order valence-corrected chi connectivity index (χ3v) is 3.92. The lowest BCUT2D eigenvalue weighted by atomic mass is 10.1. The van der Waals surface area contributed by atoms with Crippen LogP contribution in [-0.2, 0) is 0 Å². The number of fused-ring (bicyclic) bond motifs is 1. The van der Waals surface area contributed by atoms with Crippen LogP contribution in [-0.4, -0.2) is 33.2 Å². The Balaban J connectivity index is 1.67. The second-order valence-electron chi connectivity index (χ2n) is 5.57. The molecule has 0 aliphatic carbocycles. The highest BCUT2D eigenvalue weighted by atomic mass is 16.5. The van der Waals surface area contributed by atoms with E-state index in [1.54, 1.807) is 25.4 Å². The highest BCUT2D eigenvalue weighted by Gasteiger charge is 2.14. The summed E-state index contributed by atoms with van der Waals surface area (Å²) in [5, 5.41) is 9.68. The molecular formula is C19H15N5O2. The molecule has 7 heteroatoms. The van der Waals surface area contributed by atoms with Crippen molar-refractivity contribution in [2.75, 3.05) is 12.4 Å². The Hall–Kier alpha value is -3.74. The predicted molar refractivity (Wildman–Crippen MR) is 98.1 cm³/mol. The Kier molecular flexibility index (Phi) is 4.03. The van der Waals surface area contributed by atoms with Gasteiger partial charge >= 0.3 is 0 Å². The highest BCUT2D eigenvalue weighted by Crippen LogP contribution is 2.24. The Bertz CT molecular complexity index is 1060. The molecule has 26 heavy (non-hydrogen) atoms. The van der Waals surface area contributed by atoms with E-state index in [2.05, 4.69) is 25.5 Å². The molecule has 2 aromatic heterocycles. The van der Waals surface area contributed by atoms with Crippen LogP contribution in [0.25, 0.3) is 22.4 Å². The first kappa shape index (κ1) is 15.8. The lowest BCUT2D eigenvalue weighted by Crippen LogP contribution is -2.12. The molecule has 2 heterocycles. The van der Waals surface area contributed by atoms with E-state index in [0.717, 1.165) is 11.3 Å². The van der Waals surface area contributed by atoms with Crippen LogP contribution in [0.15, 0.2) is 60.8 Å². The number of aromatic nitrogens is 4. The minimum atomic E-state index is -0.243. The van der Waals surface area contributed by atoms with Crippen molar-refractivity contribution >= 4 is 22.9 Å². The number of nitrogens with one attached hydrogen (secondary N) is 2. The first-order valence-electron chi connectivity index (χ1n) is 7.96. The fourth-order valence-electron chi connectivity index (χ4n) is 2.56. The number of aromatic amines is 1. The lowest BCUT2D eigenvalue weighted by Gasteiger charge is -2.04. The van der Waals surface area contributed by atoms with E-state index in [0.29, 0.717) is 28.2 Å². The largest absolute Gasteiger partial charge is 0.497 e. The average molecular weight is 345 g/mol. The van der Waals surface area contributed by atoms with Crippen LogP contribution in [0.5, 0.6) is 5.75 Å². The molecule has 0 bridgehead atoms. The van der Waals surface area contributed by atoms with Gasteiger partial charge in [-0.15, -0.1) is 0 Å². The monoisotopic (exact) mass is 345 g/mol. The SMILES string of the molecule is COc1ccc(-c2cnc3n[nH]c(NC(=O)c4ccccc4)c3n2)cc1. The van der Waals surface area contributed by atoms with Gasteiger partial charge in [-0.25, -0.2) is 9.97 Å². The molecule has 1 amide bonds. The van der Waals surface area contributed by atoms with Gasteiger partial charge in [0.15, 0.2) is 11.3 Å². The van der Waals surface area contributed by atoms with Crippen molar-refractivity contribution in [3.8, 4) is 17.0 Å². The fourth-order valence-corrected chi connectivity index (χ4v) is 2.56. The van der Waals surface area contributed by atoms with Gasteiger partial charge in [-0.2, -0.15) is 5.10 Å². The third kappa shape index (κ3) is 2.98. The van der Waals surface area contributed by atoms with E-state index in [-0.39, 0.29) is 5.91 Å². The Morgan fingerprint density at radius 3 is 2.58 bits per heavy atom. The average Bonchev–Trinajstić information content (AvgIpc) is 3.10. The van der Waals surface area contributed by atoms with E-state index in [4.69, 9.17) is 4.74 Å². The van der Waals surface area contributed by atoms with Gasteiger partial charge in [-0.1, -0.05) is 18.2 Å². The number of nitrogens with zero attached hydrogens (tertiary/aromatic N) is 3. The van der Waals surface area contributed by atoms with Crippen LogP contribution in [0.4, 0.5) is 5.82 Å². The van der Waals surface area contributed by atoms with Gasteiger partial charge in [0, 0.05) is 11.1 Å². The minimum Gasteiger partial charge on any atom is -0.497 e. The number of H-pyrrole nitrogens is 1. The number of anilines is 1. The number of methoxy groups -OCH3 is 1. The van der Waals surface area contributed by atoms with Crippen LogP contribution in [0.2, 0.25) is 0 Å². The van der Waals surface area contributed by atoms with Gasteiger partial charge in [-0.3, -0.25) is 9.89 Å². The molecular weight excluding hydrogens is 330 g/mol. The zero-order valence-electron chi connectivity index (χ0n) is 13.9. The highest BCUT2D eigenvalue weighted by molar-refractivity contribution is 6.06. The van der Waals surface area contributed by atoms with Crippen molar-refractivity contribution < 1.29 is 9.53 Å². The molecule has 0 atom stereocenters. The van der Waals surface area contributed by atoms with Crippen molar-refractivity contribution in [1.82, 2.24) is 20.2 Å². The Labute approximate surface area is 149 Å². The minimum absolute atomic E-state index is 0.243. The van der Waals surface area contributed by atoms with Gasteiger partial charge < -0.3 is 10.1 Å². The summed E-state index contributed by atoms with van der Waals surface area (Å²) in [6.45, 7) is 0. The zero-order chi connectivity index (χ0) is 17.9. The summed E-state index contributed by atoms with van der Waals surface area (Å²) in [5.74, 6) is 0.937. The molecule has 2 aromatic carbocycles. The molecule has 0 saturated heterocycles. The van der Waals surface area contributed by atoms with Crippen molar-refractivity contribution in [2.24, 2.45) is 0 Å². The summed E-state index contributed by atoms with van der Waals surface area (Å²) in [4.78, 5) is 21.3. The lowest BCUT2D eigenvalue weighted by molar-refractivity contribution is 0.102. The number of benzene rings is 2. The Morgan fingerprint density at radius 1 is 1.08 bits per heavy atom. The number of carbonyl (C=O) groups is 1. The number of hydrogen-bond acceptors (Lipinski definition) is 5. The number of carbonyl (C=O) groups excluding carboxylic acids is 1. The normalized spacial score (nSPS) is 10.7. The number of hydrogen-bond donors (Lipinski definition) is 2. The summed E-state index contributed by atoms with van der Waals surface area (Å²) in [6.07, 6.45) is 1.65. The standard InChI is InChI=1S/C19H15N5O2/c1-26-14-9-7-12(8-10-14)15-11-20-17-16(21-15)18(24-23-17)22-19(25)13-5-3-2-4-6-13/h2-11H,1H3,(H2,20,22,23,24,25). The van der Waals surface area contributed by atoms with E-state index >= 15 is 0 Å². The van der Waals surface area contributed by atoms with Crippen LogP contribution in [0.3, 0.4) is 0 Å². The second-order valence-corrected chi connectivity index (χ2v) is 5.57. The van der Waals surface area contributed by atoms with Crippen molar-refractivity contribution in [1.29, 1.82) is 0 Å². The van der Waals surface area contributed by atoms with Gasteiger partial charge in [-0.05, 0) is 36.4 Å². The van der Waals surface area contributed by atoms with Crippen molar-refractivity contribution in [3.05, 3.63) is 66.4 Å². The van der Waals surface area contributed by atoms with Crippen LogP contribution >= 0.6 is 0 Å². The van der Waals surface area contributed by atoms with Crippen LogP contribution in [0, 0.1) is 0 Å². The topological polar surface area (TPSA) is 92.8 Å². The molecule has 0 aliphatic rings. The maximum Gasteiger partial charge on any atom is 0.256 e. The Morgan fingerprint density at radius 2 is 1.85 bits per heavy atom. The first-order valence-corrected chi connectivity index (χ1v) is 7.96. The van der Waals surface area contributed by atoms with Crippen molar-refractivity contribution in [3.63, 3.8) is 0 Å². The molecule has 0 radical (unpaired) electrons. The summed E-state index contributed by atoms with van der Waals surface area (Å²) >= 11 is 0. The molecule has 2 N–H and O–H groups in total. The molecule has 0 unspecified atom stereocenters. The molecule has 7 nitrogen and oxygen atoms in total. The van der Waals surface area contributed by atoms with E-state index in [9.17, 15) is 4.79 Å². The fraction of sp³-hybridized carbons (Fsp3) is 0.0526. The zero-order valence-corrected chi connectivity index (χ0v) is 13.9. The van der Waals surface area contributed by atoms with Crippen LogP contribution < -0.4 is 10.1 Å². The third-order valence-electron chi connectivity index (χ3n) is 3.92. The molecule has 0 saturated carbocycles. The van der Waals surface area contributed by atoms with E-state index < -0.39 is 0 Å². The molecule has 128 valence electrons. The number of amides is 1. The summed E-state index contributed by atoms with van der Waals surface area (Å²) < 4.78 is 5.17. The van der Waals surface area contributed by atoms with E-state index in [1.165, 1.54) is 0 Å².